The van der Waals surface area contributed by atoms with E-state index in [-0.39, 0.29) is 11.6 Å². The fourth-order valence-corrected chi connectivity index (χ4v) is 3.83. The van der Waals surface area contributed by atoms with Gasteiger partial charge in [0.2, 0.25) is 0 Å². The fourth-order valence-electron chi connectivity index (χ4n) is 3.83. The number of hydrogen-bond donors (Lipinski definition) is 1. The van der Waals surface area contributed by atoms with Crippen LogP contribution in [-0.2, 0) is 11.3 Å². The molecule has 0 fully saturated rings. The average Bonchev–Trinajstić information content (AvgIpc) is 3.23. The van der Waals surface area contributed by atoms with Crippen LogP contribution in [-0.4, -0.2) is 49.1 Å². The molecule has 1 heterocycles. The van der Waals surface area contributed by atoms with Crippen LogP contribution in [0.15, 0.2) is 54.4 Å². The van der Waals surface area contributed by atoms with Crippen molar-refractivity contribution in [2.75, 3.05) is 27.8 Å². The maximum absolute atomic E-state index is 13.3. The van der Waals surface area contributed by atoms with Crippen molar-refractivity contribution in [2.24, 2.45) is 0 Å². The zero-order valence-corrected chi connectivity index (χ0v) is 20.6. The lowest BCUT2D eigenvalue weighted by Gasteiger charge is -2.19. The molecule has 0 saturated heterocycles. The quantitative estimate of drug-likeness (QED) is 0.442. The van der Waals surface area contributed by atoms with E-state index in [1.54, 1.807) is 36.2 Å². The van der Waals surface area contributed by atoms with Gasteiger partial charge in [0.15, 0.2) is 11.5 Å². The average molecular weight is 464 g/mol. The summed E-state index contributed by atoms with van der Waals surface area (Å²) in [7, 11) is 4.81. The number of nitrogens with zero attached hydrogens (tertiary/aromatic N) is 2. The lowest BCUT2D eigenvalue weighted by atomic mass is 10.1. The number of amides is 2. The van der Waals surface area contributed by atoms with Gasteiger partial charge in [0, 0.05) is 48.4 Å². The molecule has 1 aromatic heterocycles. The van der Waals surface area contributed by atoms with Crippen molar-refractivity contribution < 1.29 is 19.1 Å². The number of ether oxygens (including phenoxy) is 2. The summed E-state index contributed by atoms with van der Waals surface area (Å²) in [6, 6.07) is 12.9. The van der Waals surface area contributed by atoms with E-state index in [0.29, 0.717) is 23.6 Å². The van der Waals surface area contributed by atoms with E-state index in [0.717, 1.165) is 35.9 Å². The van der Waals surface area contributed by atoms with Crippen molar-refractivity contribution in [2.45, 2.75) is 33.2 Å². The van der Waals surface area contributed by atoms with E-state index >= 15 is 0 Å². The van der Waals surface area contributed by atoms with Gasteiger partial charge in [0.1, 0.15) is 5.70 Å². The first-order valence-electron chi connectivity index (χ1n) is 11.5. The number of unbranched alkanes of at least 4 members (excludes halogenated alkanes) is 1. The Balaban J connectivity index is 2.01. The Labute approximate surface area is 201 Å². The first-order chi connectivity index (χ1) is 16.4. The van der Waals surface area contributed by atoms with Crippen LogP contribution in [0.4, 0.5) is 0 Å². The molecule has 0 saturated carbocycles. The smallest absolute Gasteiger partial charge is 0.270 e. The zero-order valence-electron chi connectivity index (χ0n) is 20.6. The number of likely N-dealkylation sites (N-methyl/N-ethyl adjacent to an activating group) is 1. The number of aryl methyl sites for hydroxylation is 1. The minimum atomic E-state index is -0.399. The molecule has 0 spiro atoms. The zero-order chi connectivity index (χ0) is 24.7. The largest absolute Gasteiger partial charge is 0.493 e. The first-order valence-corrected chi connectivity index (χ1v) is 11.5. The molecule has 7 nitrogen and oxygen atoms in total. The predicted molar refractivity (Wildman–Crippen MR) is 135 cm³/mol. The summed E-state index contributed by atoms with van der Waals surface area (Å²) < 4.78 is 12.7. The van der Waals surface area contributed by atoms with E-state index in [2.05, 4.69) is 23.7 Å². The van der Waals surface area contributed by atoms with E-state index < -0.39 is 5.91 Å². The normalized spacial score (nSPS) is 11.4. The Kier molecular flexibility index (Phi) is 8.35. The minimum Gasteiger partial charge on any atom is -0.493 e. The summed E-state index contributed by atoms with van der Waals surface area (Å²) in [6.45, 7) is 5.55. The molecule has 0 aliphatic heterocycles. The Hall–Kier alpha value is -3.74. The predicted octanol–water partition coefficient (Wildman–Crippen LogP) is 4.71. The van der Waals surface area contributed by atoms with Crippen LogP contribution in [0, 0.1) is 0 Å². The van der Waals surface area contributed by atoms with Gasteiger partial charge >= 0.3 is 0 Å². The molecule has 3 rings (SSSR count). The highest BCUT2D eigenvalue weighted by Gasteiger charge is 2.20. The summed E-state index contributed by atoms with van der Waals surface area (Å²) in [6.07, 6.45) is 5.62. The van der Waals surface area contributed by atoms with Crippen molar-refractivity contribution in [3.05, 3.63) is 65.5 Å². The lowest BCUT2D eigenvalue weighted by molar-refractivity contribution is -0.126. The van der Waals surface area contributed by atoms with Crippen molar-refractivity contribution >= 4 is 28.8 Å². The molecule has 2 aromatic carbocycles. The lowest BCUT2D eigenvalue weighted by Crippen LogP contribution is -2.36. The number of benzene rings is 2. The molecule has 180 valence electrons. The molecule has 1 N–H and O–H groups in total. The summed E-state index contributed by atoms with van der Waals surface area (Å²) in [5.41, 5.74) is 2.53. The van der Waals surface area contributed by atoms with Gasteiger partial charge in [-0.15, -0.1) is 0 Å². The van der Waals surface area contributed by atoms with E-state index in [9.17, 15) is 9.59 Å². The molecule has 0 unspecified atom stereocenters. The third-order valence-electron chi connectivity index (χ3n) is 5.78. The molecule has 2 amide bonds. The van der Waals surface area contributed by atoms with Crippen LogP contribution in [0.3, 0.4) is 0 Å². The van der Waals surface area contributed by atoms with Gasteiger partial charge in [-0.1, -0.05) is 31.5 Å². The second-order valence-electron chi connectivity index (χ2n) is 8.05. The van der Waals surface area contributed by atoms with E-state index in [1.807, 2.05) is 30.5 Å². The number of rotatable bonds is 10. The molecule has 7 heteroatoms. The summed E-state index contributed by atoms with van der Waals surface area (Å²) >= 11 is 0. The molecule has 0 aliphatic carbocycles. The molecule has 0 bridgehead atoms. The molecule has 3 aromatic rings. The number of nitrogens with one attached hydrogen (secondary N) is 1. The molecule has 34 heavy (non-hydrogen) atoms. The van der Waals surface area contributed by atoms with Gasteiger partial charge < -0.3 is 24.3 Å². The molecule has 0 aliphatic rings. The summed E-state index contributed by atoms with van der Waals surface area (Å²) in [5.74, 6) is 0.329. The molecular formula is C27H33N3O4. The van der Waals surface area contributed by atoms with Crippen LogP contribution >= 0.6 is 0 Å². The van der Waals surface area contributed by atoms with E-state index in [4.69, 9.17) is 9.47 Å². The number of para-hydroxylation sites is 1. The van der Waals surface area contributed by atoms with Crippen LogP contribution in [0.5, 0.6) is 11.5 Å². The summed E-state index contributed by atoms with van der Waals surface area (Å²) in [5, 5.41) is 3.86. The standard InChI is InChI=1S/C27H33N3O4/c1-6-8-15-29(3)27(32)22(16-20-18-30(7-2)23-12-10-9-11-21(20)23)28-26(31)19-13-14-24(33-4)25(17-19)34-5/h9-14,16-18H,6-8,15H2,1-5H3,(H,28,31)/b22-16-. The van der Waals surface area contributed by atoms with Crippen LogP contribution in [0.2, 0.25) is 0 Å². The number of aromatic nitrogens is 1. The number of hydrogen-bond acceptors (Lipinski definition) is 4. The highest BCUT2D eigenvalue weighted by Crippen LogP contribution is 2.28. The maximum Gasteiger partial charge on any atom is 0.270 e. The van der Waals surface area contributed by atoms with Crippen LogP contribution in [0.25, 0.3) is 17.0 Å². The van der Waals surface area contributed by atoms with Crippen molar-refractivity contribution in [3.8, 4) is 11.5 Å². The minimum absolute atomic E-state index is 0.220. The topological polar surface area (TPSA) is 72.8 Å². The maximum atomic E-state index is 13.3. The Morgan fingerprint density at radius 1 is 1.06 bits per heavy atom. The Bertz CT molecular complexity index is 1200. The van der Waals surface area contributed by atoms with Crippen molar-refractivity contribution in [1.29, 1.82) is 0 Å². The Morgan fingerprint density at radius 2 is 1.79 bits per heavy atom. The second kappa shape index (κ2) is 11.4. The molecular weight excluding hydrogens is 430 g/mol. The van der Waals surface area contributed by atoms with Gasteiger partial charge in [0.05, 0.1) is 14.2 Å². The highest BCUT2D eigenvalue weighted by molar-refractivity contribution is 6.06. The van der Waals surface area contributed by atoms with Crippen molar-refractivity contribution in [1.82, 2.24) is 14.8 Å². The van der Waals surface area contributed by atoms with Crippen LogP contribution in [0.1, 0.15) is 42.6 Å². The summed E-state index contributed by atoms with van der Waals surface area (Å²) in [4.78, 5) is 28.1. The second-order valence-corrected chi connectivity index (χ2v) is 8.05. The van der Waals surface area contributed by atoms with Gasteiger partial charge in [-0.2, -0.15) is 0 Å². The molecule has 0 radical (unpaired) electrons. The van der Waals surface area contributed by atoms with Gasteiger partial charge in [-0.3, -0.25) is 9.59 Å². The SMILES string of the molecule is CCCCN(C)C(=O)/C(=C/c1cn(CC)c2ccccc12)NC(=O)c1ccc(OC)c(OC)c1. The fraction of sp³-hybridized carbons (Fsp3) is 0.333. The van der Waals surface area contributed by atoms with Gasteiger partial charge in [-0.05, 0) is 43.7 Å². The number of carbonyl (C=O) groups is 2. The number of fused-ring (bicyclic) bond motifs is 1. The number of carbonyl (C=O) groups excluding carboxylic acids is 2. The first kappa shape index (κ1) is 24.9. The third kappa shape index (κ3) is 5.42. The monoisotopic (exact) mass is 463 g/mol. The van der Waals surface area contributed by atoms with Crippen molar-refractivity contribution in [3.63, 3.8) is 0 Å². The van der Waals surface area contributed by atoms with Gasteiger partial charge in [0.25, 0.3) is 11.8 Å². The highest BCUT2D eigenvalue weighted by atomic mass is 16.5. The van der Waals surface area contributed by atoms with Crippen LogP contribution < -0.4 is 14.8 Å². The number of methoxy groups -OCH3 is 2. The third-order valence-corrected chi connectivity index (χ3v) is 5.78. The Morgan fingerprint density at radius 3 is 2.47 bits per heavy atom. The van der Waals surface area contributed by atoms with E-state index in [1.165, 1.54) is 14.2 Å². The van der Waals surface area contributed by atoms with Gasteiger partial charge in [-0.25, -0.2) is 0 Å². The molecule has 0 atom stereocenters.